The Labute approximate surface area is 123 Å². The van der Waals surface area contributed by atoms with E-state index in [-0.39, 0.29) is 5.69 Å². The number of H-pyrrole nitrogens is 1. The lowest BCUT2D eigenvalue weighted by Gasteiger charge is -2.14. The maximum absolute atomic E-state index is 10.7. The van der Waals surface area contributed by atoms with Crippen LogP contribution in [0.2, 0.25) is 0 Å². The van der Waals surface area contributed by atoms with Gasteiger partial charge in [-0.15, -0.1) is 0 Å². The highest BCUT2D eigenvalue weighted by atomic mass is 31.2. The summed E-state index contributed by atoms with van der Waals surface area (Å²) in [6, 6.07) is 0. The molecular formula is C10H13N4O7P. The Balaban J connectivity index is 1.82. The number of nitrogens with one attached hydrogen (secondary N) is 1. The number of hydrogen-bond donors (Lipinski definition) is 5. The van der Waals surface area contributed by atoms with Crippen molar-refractivity contribution in [2.45, 2.75) is 24.4 Å². The highest BCUT2D eigenvalue weighted by molar-refractivity contribution is 7.46. The van der Waals surface area contributed by atoms with Crippen LogP contribution in [0, 0.1) is 0 Å². The maximum atomic E-state index is 10.7. The Morgan fingerprint density at radius 1 is 1.36 bits per heavy atom. The summed E-state index contributed by atoms with van der Waals surface area (Å²) in [4.78, 5) is 25.2. The lowest BCUT2D eigenvalue weighted by molar-refractivity contribution is -0.0231. The molecule has 0 spiro atoms. The summed E-state index contributed by atoms with van der Waals surface area (Å²) in [5.74, 6) is 0. The number of fused-ring (bicyclic) bond motifs is 1. The van der Waals surface area contributed by atoms with Gasteiger partial charge in [0.25, 0.3) is 0 Å². The average molecular weight is 332 g/mol. The third-order valence-electron chi connectivity index (χ3n) is 3.29. The molecule has 1 fully saturated rings. The van der Waals surface area contributed by atoms with E-state index in [0.29, 0.717) is 11.0 Å². The van der Waals surface area contributed by atoms with Gasteiger partial charge >= 0.3 is 7.82 Å². The lowest BCUT2D eigenvalue weighted by Crippen LogP contribution is -2.33. The van der Waals surface area contributed by atoms with Gasteiger partial charge in [0.15, 0.2) is 0 Å². The third kappa shape index (κ3) is 2.88. The molecule has 5 N–H and O–H groups in total. The van der Waals surface area contributed by atoms with Crippen molar-refractivity contribution in [2.24, 2.45) is 0 Å². The molecule has 2 aromatic rings. The van der Waals surface area contributed by atoms with Gasteiger partial charge < -0.3 is 24.7 Å². The fourth-order valence-corrected chi connectivity index (χ4v) is 2.61. The Hall–Kier alpha value is -1.46. The Morgan fingerprint density at radius 2 is 2.14 bits per heavy atom. The van der Waals surface area contributed by atoms with Gasteiger partial charge in [-0.25, -0.2) is 14.5 Å². The van der Waals surface area contributed by atoms with E-state index >= 15 is 0 Å². The molecule has 0 radical (unpaired) electrons. The zero-order valence-corrected chi connectivity index (χ0v) is 11.9. The molecule has 3 rings (SSSR count). The number of aliphatic hydroxyl groups excluding tert-OH is 2. The van der Waals surface area contributed by atoms with E-state index < -0.39 is 38.8 Å². The molecule has 22 heavy (non-hydrogen) atoms. The van der Waals surface area contributed by atoms with Crippen LogP contribution in [0.4, 0.5) is 0 Å². The number of rotatable bonds is 4. The van der Waals surface area contributed by atoms with Crippen LogP contribution in [0.1, 0.15) is 11.8 Å². The molecule has 4 atom stereocenters. The Bertz CT molecular complexity index is 718. The number of aromatic nitrogens is 4. The molecule has 12 heteroatoms. The molecule has 0 aromatic carbocycles. The highest BCUT2D eigenvalue weighted by Gasteiger charge is 2.46. The molecule has 0 saturated carbocycles. The molecule has 1 saturated heterocycles. The van der Waals surface area contributed by atoms with Crippen molar-refractivity contribution < 1.29 is 33.8 Å². The Kier molecular flexibility index (Phi) is 3.95. The van der Waals surface area contributed by atoms with Crippen LogP contribution < -0.4 is 0 Å². The minimum absolute atomic E-state index is 0.266. The third-order valence-corrected chi connectivity index (χ3v) is 3.78. The molecule has 0 unspecified atom stereocenters. The molecule has 120 valence electrons. The van der Waals surface area contributed by atoms with Gasteiger partial charge in [0.1, 0.15) is 47.5 Å². The summed E-state index contributed by atoms with van der Waals surface area (Å²) in [6.07, 6.45) is -2.06. The van der Waals surface area contributed by atoms with Crippen LogP contribution in [-0.4, -0.2) is 65.1 Å². The number of ether oxygens (including phenoxy) is 1. The predicted octanol–water partition coefficient (Wildman–Crippen LogP) is -1.38. The molecule has 3 heterocycles. The molecule has 0 aliphatic carbocycles. The number of phosphoric acid groups is 1. The smallest absolute Gasteiger partial charge is 0.387 e. The number of hydrogen-bond acceptors (Lipinski definition) is 8. The van der Waals surface area contributed by atoms with Gasteiger partial charge in [-0.3, -0.25) is 9.62 Å². The van der Waals surface area contributed by atoms with Gasteiger partial charge in [0.05, 0.1) is 12.8 Å². The summed E-state index contributed by atoms with van der Waals surface area (Å²) in [6.45, 7) is -0.573. The highest BCUT2D eigenvalue weighted by Crippen LogP contribution is 2.39. The standard InChI is InChI=1S/C10H13N4O7P/c15-8-5(2-20-22(17,18)19)21-10(9(8)16)7-6-4(13-14-7)1-11-3-12-6/h1,3,5,8-10,15-16H,2H2,(H,13,14)(H2,17,18,19)/t5-,8-,9-,10+/m1/s1. The minimum atomic E-state index is -4.70. The van der Waals surface area contributed by atoms with Crippen LogP contribution in [0.5, 0.6) is 0 Å². The first kappa shape index (κ1) is 15.4. The molecule has 0 bridgehead atoms. The molecule has 11 nitrogen and oxygen atoms in total. The van der Waals surface area contributed by atoms with Crippen molar-refractivity contribution in [2.75, 3.05) is 6.61 Å². The topological polar surface area (TPSA) is 171 Å². The van der Waals surface area contributed by atoms with Crippen molar-refractivity contribution in [3.63, 3.8) is 0 Å². The van der Waals surface area contributed by atoms with Crippen molar-refractivity contribution in [1.82, 2.24) is 20.2 Å². The van der Waals surface area contributed by atoms with E-state index in [1.807, 2.05) is 0 Å². The number of nitrogens with zero attached hydrogens (tertiary/aromatic N) is 3. The zero-order valence-electron chi connectivity index (χ0n) is 11.0. The van der Waals surface area contributed by atoms with Crippen molar-refractivity contribution in [1.29, 1.82) is 0 Å². The zero-order chi connectivity index (χ0) is 15.9. The first-order valence-electron chi connectivity index (χ1n) is 6.22. The fourth-order valence-electron chi connectivity index (χ4n) is 2.27. The van der Waals surface area contributed by atoms with Gasteiger partial charge in [-0.1, -0.05) is 0 Å². The number of phosphoric ester groups is 1. The summed E-state index contributed by atoms with van der Waals surface area (Å²) in [7, 11) is -4.70. The summed E-state index contributed by atoms with van der Waals surface area (Å²) in [5.41, 5.74) is 1.21. The average Bonchev–Trinajstić information content (AvgIpc) is 3.00. The maximum Gasteiger partial charge on any atom is 0.469 e. The van der Waals surface area contributed by atoms with Gasteiger partial charge in [0.2, 0.25) is 0 Å². The second-order valence-corrected chi connectivity index (χ2v) is 6.00. The number of aromatic amines is 1. The molecule has 1 aliphatic heterocycles. The quantitative estimate of drug-likeness (QED) is 0.420. The summed E-state index contributed by atoms with van der Waals surface area (Å²) >= 11 is 0. The monoisotopic (exact) mass is 332 g/mol. The summed E-state index contributed by atoms with van der Waals surface area (Å²) < 4.78 is 20.4. The number of aliphatic hydroxyl groups is 2. The first-order valence-corrected chi connectivity index (χ1v) is 7.75. The molecular weight excluding hydrogens is 319 g/mol. The van der Waals surface area contributed by atoms with Crippen LogP contribution in [-0.2, 0) is 13.8 Å². The van der Waals surface area contributed by atoms with Crippen LogP contribution in [0.3, 0.4) is 0 Å². The van der Waals surface area contributed by atoms with Gasteiger partial charge in [-0.05, 0) is 0 Å². The van der Waals surface area contributed by atoms with E-state index in [4.69, 9.17) is 14.5 Å². The van der Waals surface area contributed by atoms with Crippen molar-refractivity contribution >= 4 is 18.9 Å². The van der Waals surface area contributed by atoms with Crippen LogP contribution in [0.25, 0.3) is 11.0 Å². The second kappa shape index (κ2) is 5.63. The van der Waals surface area contributed by atoms with E-state index in [2.05, 4.69) is 24.7 Å². The largest absolute Gasteiger partial charge is 0.469 e. The molecule has 0 amide bonds. The first-order chi connectivity index (χ1) is 10.4. The minimum Gasteiger partial charge on any atom is -0.387 e. The van der Waals surface area contributed by atoms with Crippen LogP contribution >= 0.6 is 7.82 Å². The van der Waals surface area contributed by atoms with Crippen molar-refractivity contribution in [3.8, 4) is 0 Å². The fraction of sp³-hybridized carbons (Fsp3) is 0.500. The van der Waals surface area contributed by atoms with E-state index in [1.165, 1.54) is 12.5 Å². The van der Waals surface area contributed by atoms with E-state index in [9.17, 15) is 14.8 Å². The SMILES string of the molecule is O=P(O)(O)OC[C@H]1O[C@@H](c2n[nH]c3cncnc23)[C@H](O)[C@@H]1O. The van der Waals surface area contributed by atoms with Gasteiger partial charge in [-0.2, -0.15) is 5.10 Å². The van der Waals surface area contributed by atoms with Gasteiger partial charge in [0, 0.05) is 0 Å². The second-order valence-electron chi connectivity index (χ2n) is 4.76. The summed E-state index contributed by atoms with van der Waals surface area (Å²) in [5, 5.41) is 26.6. The predicted molar refractivity (Wildman–Crippen MR) is 69.3 cm³/mol. The van der Waals surface area contributed by atoms with E-state index in [0.717, 1.165) is 0 Å². The van der Waals surface area contributed by atoms with Crippen molar-refractivity contribution in [3.05, 3.63) is 18.2 Å². The molecule has 2 aromatic heterocycles. The normalized spacial score (nSPS) is 29.3. The molecule has 1 aliphatic rings. The van der Waals surface area contributed by atoms with Crippen LogP contribution in [0.15, 0.2) is 12.5 Å². The Morgan fingerprint density at radius 3 is 2.86 bits per heavy atom. The lowest BCUT2D eigenvalue weighted by atomic mass is 10.1. The van der Waals surface area contributed by atoms with E-state index in [1.54, 1.807) is 0 Å².